The minimum Gasteiger partial charge on any atom is -0.463 e. The van der Waals surface area contributed by atoms with Gasteiger partial charge in [0.2, 0.25) is 0 Å². The minimum absolute atomic E-state index is 0.00114. The maximum absolute atomic E-state index is 12.0. The van der Waals surface area contributed by atoms with E-state index in [1.165, 1.54) is 0 Å². The number of hydrogen-bond acceptors (Lipinski definition) is 9. The van der Waals surface area contributed by atoms with E-state index >= 15 is 0 Å². The molecule has 37 heavy (non-hydrogen) atoms. The molecule has 0 aromatic heterocycles. The third kappa shape index (κ3) is 22.4. The first-order valence-electron chi connectivity index (χ1n) is 14.3. The molecule has 0 aliphatic heterocycles. The zero-order valence-corrected chi connectivity index (χ0v) is 24.0. The van der Waals surface area contributed by atoms with Gasteiger partial charge in [-0.1, -0.05) is 53.4 Å². The lowest BCUT2D eigenvalue weighted by atomic mass is 10.00. The van der Waals surface area contributed by atoms with E-state index in [0.29, 0.717) is 66.1 Å². The Kier molecular flexibility index (Phi) is 26.8. The number of carbonyl (C=O) groups is 2. The Morgan fingerprint density at radius 3 is 0.973 bits per heavy atom. The number of esters is 2. The standard InChI is InChI=1S/C28H54O9/c1-5-9-11-25(7-3)27(29)36-23-21-34-19-17-32-15-13-31-14-16-33-18-20-35-22-24-37-28(30)26(8-4)12-10-6-2/h25-26H,5-24H2,1-4H3. The molecule has 0 rings (SSSR count). The normalized spacial score (nSPS) is 12.9. The molecule has 9 heteroatoms. The van der Waals surface area contributed by atoms with E-state index in [9.17, 15) is 9.59 Å². The van der Waals surface area contributed by atoms with Crippen LogP contribution in [0.2, 0.25) is 0 Å². The first-order valence-corrected chi connectivity index (χ1v) is 14.3. The molecule has 0 aliphatic carbocycles. The summed E-state index contributed by atoms with van der Waals surface area (Å²) < 4.78 is 37.8. The molecule has 9 nitrogen and oxygen atoms in total. The van der Waals surface area contributed by atoms with Crippen LogP contribution in [0.15, 0.2) is 0 Å². The highest BCUT2D eigenvalue weighted by molar-refractivity contribution is 5.72. The van der Waals surface area contributed by atoms with E-state index in [0.717, 1.165) is 51.4 Å². The third-order valence-electron chi connectivity index (χ3n) is 5.90. The topological polar surface area (TPSA) is 98.8 Å². The van der Waals surface area contributed by atoms with E-state index in [4.69, 9.17) is 33.2 Å². The average Bonchev–Trinajstić information content (AvgIpc) is 2.90. The summed E-state index contributed by atoms with van der Waals surface area (Å²) in [7, 11) is 0. The van der Waals surface area contributed by atoms with Crippen molar-refractivity contribution in [2.45, 2.75) is 79.1 Å². The lowest BCUT2D eigenvalue weighted by Crippen LogP contribution is -2.20. The Morgan fingerprint density at radius 1 is 0.459 bits per heavy atom. The molecule has 0 amide bonds. The van der Waals surface area contributed by atoms with Gasteiger partial charge in [0.25, 0.3) is 0 Å². The highest BCUT2D eigenvalue weighted by atomic mass is 16.6. The smallest absolute Gasteiger partial charge is 0.308 e. The van der Waals surface area contributed by atoms with Crippen molar-refractivity contribution in [3.05, 3.63) is 0 Å². The fourth-order valence-electron chi connectivity index (χ4n) is 3.50. The molecule has 2 atom stereocenters. The summed E-state index contributed by atoms with van der Waals surface area (Å²) in [5.74, 6) is -0.242. The second-order valence-corrected chi connectivity index (χ2v) is 8.89. The maximum Gasteiger partial charge on any atom is 0.308 e. The molecule has 0 radical (unpaired) electrons. The molecule has 0 saturated heterocycles. The SMILES string of the molecule is CCCCC(CC)C(=O)OCCOCCOCCOCCOCCOCCOC(=O)C(CC)CCCC. The molecular weight excluding hydrogens is 480 g/mol. The predicted octanol–water partition coefficient (Wildman–Crippen LogP) is 4.59. The molecular formula is C28H54O9. The number of ether oxygens (including phenoxy) is 7. The van der Waals surface area contributed by atoms with Crippen molar-refractivity contribution < 1.29 is 42.7 Å². The fraction of sp³-hybridized carbons (Fsp3) is 0.929. The van der Waals surface area contributed by atoms with Crippen molar-refractivity contribution in [3.63, 3.8) is 0 Å². The first kappa shape index (κ1) is 35.7. The molecule has 220 valence electrons. The Balaban J connectivity index is 3.34. The van der Waals surface area contributed by atoms with Crippen molar-refractivity contribution in [2.24, 2.45) is 11.8 Å². The van der Waals surface area contributed by atoms with E-state index in [1.54, 1.807) is 0 Å². The van der Waals surface area contributed by atoms with Gasteiger partial charge in [-0.25, -0.2) is 0 Å². The largest absolute Gasteiger partial charge is 0.463 e. The van der Waals surface area contributed by atoms with E-state index in [-0.39, 0.29) is 37.0 Å². The number of rotatable bonds is 28. The predicted molar refractivity (Wildman–Crippen MR) is 143 cm³/mol. The summed E-state index contributed by atoms with van der Waals surface area (Å²) in [5, 5.41) is 0. The van der Waals surface area contributed by atoms with Crippen LogP contribution in [-0.2, 0) is 42.7 Å². The molecule has 0 heterocycles. The molecule has 2 unspecified atom stereocenters. The molecule has 0 bridgehead atoms. The van der Waals surface area contributed by atoms with Crippen LogP contribution in [0.5, 0.6) is 0 Å². The van der Waals surface area contributed by atoms with Gasteiger partial charge in [0, 0.05) is 0 Å². The second-order valence-electron chi connectivity index (χ2n) is 8.89. The zero-order chi connectivity index (χ0) is 27.4. The van der Waals surface area contributed by atoms with Crippen LogP contribution in [0.4, 0.5) is 0 Å². The van der Waals surface area contributed by atoms with Crippen molar-refractivity contribution in [3.8, 4) is 0 Å². The second kappa shape index (κ2) is 27.8. The van der Waals surface area contributed by atoms with Crippen molar-refractivity contribution in [1.82, 2.24) is 0 Å². The van der Waals surface area contributed by atoms with Gasteiger partial charge in [-0.2, -0.15) is 0 Å². The number of unbranched alkanes of at least 4 members (excludes halogenated alkanes) is 2. The van der Waals surface area contributed by atoms with Crippen LogP contribution in [0.25, 0.3) is 0 Å². The van der Waals surface area contributed by atoms with Crippen molar-refractivity contribution in [2.75, 3.05) is 79.3 Å². The third-order valence-corrected chi connectivity index (χ3v) is 5.90. The van der Waals surface area contributed by atoms with Gasteiger partial charge in [-0.15, -0.1) is 0 Å². The summed E-state index contributed by atoms with van der Waals surface area (Å²) in [6.07, 6.45) is 7.68. The van der Waals surface area contributed by atoms with E-state index in [1.807, 2.05) is 13.8 Å². The fourth-order valence-corrected chi connectivity index (χ4v) is 3.50. The Hall–Kier alpha value is -1.26. The van der Waals surface area contributed by atoms with Gasteiger partial charge in [-0.05, 0) is 25.7 Å². The van der Waals surface area contributed by atoms with Gasteiger partial charge in [0.1, 0.15) is 13.2 Å². The highest BCUT2D eigenvalue weighted by Crippen LogP contribution is 2.15. The first-order chi connectivity index (χ1) is 18.1. The van der Waals surface area contributed by atoms with E-state index in [2.05, 4.69) is 13.8 Å². The lowest BCUT2D eigenvalue weighted by molar-refractivity contribution is -0.151. The molecule has 0 aliphatic rings. The summed E-state index contributed by atoms with van der Waals surface area (Å²) in [6, 6.07) is 0. The summed E-state index contributed by atoms with van der Waals surface area (Å²) in [6.45, 7) is 13.3. The monoisotopic (exact) mass is 534 g/mol. The van der Waals surface area contributed by atoms with E-state index < -0.39 is 0 Å². The van der Waals surface area contributed by atoms with Gasteiger partial charge >= 0.3 is 11.9 Å². The number of hydrogen-bond donors (Lipinski definition) is 0. The molecule has 0 aromatic carbocycles. The Labute approximate surface area is 225 Å². The Morgan fingerprint density at radius 2 is 0.730 bits per heavy atom. The molecule has 0 spiro atoms. The van der Waals surface area contributed by atoms with Gasteiger partial charge in [-0.3, -0.25) is 9.59 Å². The van der Waals surface area contributed by atoms with Crippen LogP contribution < -0.4 is 0 Å². The minimum atomic E-state index is -0.120. The molecule has 0 saturated carbocycles. The van der Waals surface area contributed by atoms with Crippen LogP contribution in [0.1, 0.15) is 79.1 Å². The van der Waals surface area contributed by atoms with Gasteiger partial charge in [0.15, 0.2) is 0 Å². The lowest BCUT2D eigenvalue weighted by Gasteiger charge is -2.13. The van der Waals surface area contributed by atoms with Gasteiger partial charge < -0.3 is 33.2 Å². The van der Waals surface area contributed by atoms with Crippen LogP contribution >= 0.6 is 0 Å². The molecule has 0 fully saturated rings. The Bertz CT molecular complexity index is 472. The van der Waals surface area contributed by atoms with Crippen LogP contribution in [0, 0.1) is 11.8 Å². The van der Waals surface area contributed by atoms with Crippen molar-refractivity contribution >= 4 is 11.9 Å². The molecule has 0 aromatic rings. The molecule has 0 N–H and O–H groups in total. The van der Waals surface area contributed by atoms with Crippen LogP contribution in [0.3, 0.4) is 0 Å². The maximum atomic E-state index is 12.0. The summed E-state index contributed by atoms with van der Waals surface area (Å²) in [4.78, 5) is 24.0. The van der Waals surface area contributed by atoms with Crippen LogP contribution in [-0.4, -0.2) is 91.2 Å². The average molecular weight is 535 g/mol. The number of carbonyl (C=O) groups excluding carboxylic acids is 2. The summed E-state index contributed by atoms with van der Waals surface area (Å²) >= 11 is 0. The quantitative estimate of drug-likeness (QED) is 0.105. The van der Waals surface area contributed by atoms with Gasteiger partial charge in [0.05, 0.1) is 77.9 Å². The highest BCUT2D eigenvalue weighted by Gasteiger charge is 2.17. The zero-order valence-electron chi connectivity index (χ0n) is 24.0. The summed E-state index contributed by atoms with van der Waals surface area (Å²) in [5.41, 5.74) is 0. The van der Waals surface area contributed by atoms with Crippen molar-refractivity contribution in [1.29, 1.82) is 0 Å².